The summed E-state index contributed by atoms with van der Waals surface area (Å²) in [6, 6.07) is 5.33. The first kappa shape index (κ1) is 13.5. The van der Waals surface area contributed by atoms with Gasteiger partial charge in [-0.25, -0.2) is 9.78 Å². The molecule has 0 spiro atoms. The minimum Gasteiger partial charge on any atom is -0.478 e. The van der Waals surface area contributed by atoms with E-state index in [1.54, 1.807) is 24.5 Å². The first-order chi connectivity index (χ1) is 8.99. The van der Waals surface area contributed by atoms with E-state index in [-0.39, 0.29) is 6.04 Å². The van der Waals surface area contributed by atoms with Crippen LogP contribution in [0.3, 0.4) is 0 Å². The molecule has 5 heteroatoms. The molecule has 1 aromatic heterocycles. The topological polar surface area (TPSA) is 58.4 Å². The zero-order chi connectivity index (χ0) is 14.0. The molecule has 2 rings (SSSR count). The number of carboxylic acid groups (broad SMARTS) is 1. The molecule has 1 heterocycles. The Labute approximate surface area is 112 Å². The molecule has 1 atom stereocenters. The Kier molecular flexibility index (Phi) is 3.85. The van der Waals surface area contributed by atoms with Gasteiger partial charge in [0.05, 0.1) is 22.9 Å². The first-order valence-corrected chi connectivity index (χ1v) is 6.33. The van der Waals surface area contributed by atoms with Gasteiger partial charge in [-0.15, -0.1) is 0 Å². The Bertz CT molecular complexity index is 589. The van der Waals surface area contributed by atoms with Crippen molar-refractivity contribution >= 4 is 17.0 Å². The molecular formula is C14H19N3O2. The molecular weight excluding hydrogens is 242 g/mol. The van der Waals surface area contributed by atoms with Crippen molar-refractivity contribution in [2.75, 3.05) is 20.6 Å². The van der Waals surface area contributed by atoms with Crippen LogP contribution >= 0.6 is 0 Å². The lowest BCUT2D eigenvalue weighted by atomic mass is 10.1. The maximum absolute atomic E-state index is 11.0. The lowest BCUT2D eigenvalue weighted by Gasteiger charge is -2.17. The van der Waals surface area contributed by atoms with Crippen molar-refractivity contribution in [3.8, 4) is 0 Å². The van der Waals surface area contributed by atoms with E-state index < -0.39 is 5.97 Å². The number of imidazole rings is 1. The number of nitrogens with zero attached hydrogens (tertiary/aromatic N) is 3. The zero-order valence-corrected chi connectivity index (χ0v) is 11.5. The van der Waals surface area contributed by atoms with Crippen molar-refractivity contribution in [3.05, 3.63) is 30.1 Å². The molecule has 1 unspecified atom stereocenters. The second-order valence-corrected chi connectivity index (χ2v) is 5.10. The molecule has 1 aromatic carbocycles. The van der Waals surface area contributed by atoms with Gasteiger partial charge in [-0.2, -0.15) is 0 Å². The number of benzene rings is 1. The summed E-state index contributed by atoms with van der Waals surface area (Å²) in [4.78, 5) is 17.5. The summed E-state index contributed by atoms with van der Waals surface area (Å²) in [7, 11) is 4.09. The SMILES string of the molecule is CC(CCN(C)C)n1cnc2ccc(C(=O)O)cc21. The van der Waals surface area contributed by atoms with E-state index >= 15 is 0 Å². The fraction of sp³-hybridized carbons (Fsp3) is 0.429. The van der Waals surface area contributed by atoms with Crippen LogP contribution in [0.5, 0.6) is 0 Å². The number of aromatic nitrogens is 2. The lowest BCUT2D eigenvalue weighted by molar-refractivity contribution is 0.0697. The maximum atomic E-state index is 11.0. The standard InChI is InChI=1S/C14H19N3O2/c1-10(6-7-16(2)3)17-9-15-12-5-4-11(14(18)19)8-13(12)17/h4-5,8-10H,6-7H2,1-3H3,(H,18,19). The van der Waals surface area contributed by atoms with Crippen LogP contribution in [0.4, 0.5) is 0 Å². The Balaban J connectivity index is 2.32. The lowest BCUT2D eigenvalue weighted by Crippen LogP contribution is -2.17. The third-order valence-electron chi connectivity index (χ3n) is 3.29. The highest BCUT2D eigenvalue weighted by Crippen LogP contribution is 2.21. The average molecular weight is 261 g/mol. The van der Waals surface area contributed by atoms with Gasteiger partial charge in [0, 0.05) is 6.04 Å². The molecule has 0 fully saturated rings. The van der Waals surface area contributed by atoms with Crippen LogP contribution in [0.1, 0.15) is 29.7 Å². The molecule has 0 aliphatic heterocycles. The predicted octanol–water partition coefficient (Wildman–Crippen LogP) is 2.25. The third kappa shape index (κ3) is 2.93. The van der Waals surface area contributed by atoms with Crippen LogP contribution in [0.25, 0.3) is 11.0 Å². The number of fused-ring (bicyclic) bond motifs is 1. The van der Waals surface area contributed by atoms with Crippen LogP contribution in [0.2, 0.25) is 0 Å². The highest BCUT2D eigenvalue weighted by Gasteiger charge is 2.12. The van der Waals surface area contributed by atoms with E-state index in [0.717, 1.165) is 24.0 Å². The van der Waals surface area contributed by atoms with Gasteiger partial charge in [-0.1, -0.05) is 0 Å². The van der Waals surface area contributed by atoms with E-state index in [9.17, 15) is 4.79 Å². The van der Waals surface area contributed by atoms with Crippen LogP contribution in [0, 0.1) is 0 Å². The summed E-state index contributed by atoms with van der Waals surface area (Å²) in [6.45, 7) is 3.11. The number of rotatable bonds is 5. The van der Waals surface area contributed by atoms with Crippen LogP contribution in [-0.4, -0.2) is 46.2 Å². The smallest absolute Gasteiger partial charge is 0.335 e. The molecule has 102 valence electrons. The molecule has 0 saturated carbocycles. The highest BCUT2D eigenvalue weighted by atomic mass is 16.4. The Morgan fingerprint density at radius 1 is 1.47 bits per heavy atom. The predicted molar refractivity (Wildman–Crippen MR) is 74.6 cm³/mol. The number of aromatic carboxylic acids is 1. The largest absolute Gasteiger partial charge is 0.478 e. The van der Waals surface area contributed by atoms with Crippen molar-refractivity contribution in [2.45, 2.75) is 19.4 Å². The normalized spacial score (nSPS) is 13.1. The Hall–Kier alpha value is -1.88. The van der Waals surface area contributed by atoms with Gasteiger partial charge in [-0.3, -0.25) is 0 Å². The van der Waals surface area contributed by atoms with Crippen LogP contribution < -0.4 is 0 Å². The van der Waals surface area contributed by atoms with Gasteiger partial charge in [-0.05, 0) is 52.2 Å². The number of carbonyl (C=O) groups is 1. The van der Waals surface area contributed by atoms with E-state index in [4.69, 9.17) is 5.11 Å². The van der Waals surface area contributed by atoms with Crippen molar-refractivity contribution in [1.29, 1.82) is 0 Å². The van der Waals surface area contributed by atoms with Crippen molar-refractivity contribution in [3.63, 3.8) is 0 Å². The summed E-state index contributed by atoms with van der Waals surface area (Å²) < 4.78 is 2.05. The number of hydrogen-bond acceptors (Lipinski definition) is 3. The Morgan fingerprint density at radius 2 is 2.21 bits per heavy atom. The van der Waals surface area contributed by atoms with Gasteiger partial charge in [0.15, 0.2) is 0 Å². The maximum Gasteiger partial charge on any atom is 0.335 e. The molecule has 0 radical (unpaired) electrons. The van der Waals surface area contributed by atoms with E-state index in [0.29, 0.717) is 5.56 Å². The average Bonchev–Trinajstić information content (AvgIpc) is 2.78. The van der Waals surface area contributed by atoms with Gasteiger partial charge in [0.2, 0.25) is 0 Å². The summed E-state index contributed by atoms with van der Waals surface area (Å²) >= 11 is 0. The van der Waals surface area contributed by atoms with Crippen molar-refractivity contribution in [1.82, 2.24) is 14.5 Å². The van der Waals surface area contributed by atoms with Crippen molar-refractivity contribution < 1.29 is 9.90 Å². The quantitative estimate of drug-likeness (QED) is 0.896. The second-order valence-electron chi connectivity index (χ2n) is 5.10. The fourth-order valence-electron chi connectivity index (χ4n) is 2.09. The molecule has 0 bridgehead atoms. The van der Waals surface area contributed by atoms with E-state index in [2.05, 4.69) is 16.8 Å². The summed E-state index contributed by atoms with van der Waals surface area (Å²) in [5.74, 6) is -0.907. The molecule has 1 N–H and O–H groups in total. The molecule has 0 amide bonds. The number of hydrogen-bond donors (Lipinski definition) is 1. The van der Waals surface area contributed by atoms with Crippen LogP contribution in [-0.2, 0) is 0 Å². The minimum absolute atomic E-state index is 0.288. The first-order valence-electron chi connectivity index (χ1n) is 6.33. The van der Waals surface area contributed by atoms with E-state index in [1.807, 2.05) is 18.7 Å². The van der Waals surface area contributed by atoms with Crippen LogP contribution in [0.15, 0.2) is 24.5 Å². The van der Waals surface area contributed by atoms with Gasteiger partial charge in [0.25, 0.3) is 0 Å². The Morgan fingerprint density at radius 3 is 2.84 bits per heavy atom. The fourth-order valence-corrected chi connectivity index (χ4v) is 2.09. The summed E-state index contributed by atoms with van der Waals surface area (Å²) in [5, 5.41) is 9.05. The van der Waals surface area contributed by atoms with Gasteiger partial charge >= 0.3 is 5.97 Å². The highest BCUT2D eigenvalue weighted by molar-refractivity contribution is 5.92. The van der Waals surface area contributed by atoms with Gasteiger partial charge in [0.1, 0.15) is 0 Å². The molecule has 19 heavy (non-hydrogen) atoms. The monoisotopic (exact) mass is 261 g/mol. The van der Waals surface area contributed by atoms with Gasteiger partial charge < -0.3 is 14.6 Å². The molecule has 0 aliphatic carbocycles. The second kappa shape index (κ2) is 5.40. The molecule has 0 saturated heterocycles. The molecule has 2 aromatic rings. The minimum atomic E-state index is -0.907. The summed E-state index contributed by atoms with van der Waals surface area (Å²) in [5.41, 5.74) is 2.02. The molecule has 5 nitrogen and oxygen atoms in total. The summed E-state index contributed by atoms with van der Waals surface area (Å²) in [6.07, 6.45) is 2.78. The zero-order valence-electron chi connectivity index (χ0n) is 11.5. The third-order valence-corrected chi connectivity index (χ3v) is 3.29. The van der Waals surface area contributed by atoms with Crippen molar-refractivity contribution in [2.24, 2.45) is 0 Å². The van der Waals surface area contributed by atoms with E-state index in [1.165, 1.54) is 0 Å². The number of carboxylic acids is 1. The molecule has 0 aliphatic rings.